The minimum absolute atomic E-state index is 0.0502. The quantitative estimate of drug-likeness (QED) is 0.178. The first-order valence-corrected chi connectivity index (χ1v) is 19.2. The number of aromatic nitrogens is 2. The predicted molar refractivity (Wildman–Crippen MR) is 232 cm³/mol. The van der Waals surface area contributed by atoms with E-state index in [2.05, 4.69) is 166 Å². The number of para-hydroxylation sites is 2. The molecular formula is C53H36N2O. The van der Waals surface area contributed by atoms with Crippen LogP contribution in [0.2, 0.25) is 0 Å². The average molecular weight is 717 g/mol. The van der Waals surface area contributed by atoms with Crippen molar-refractivity contribution >= 4 is 32.7 Å². The Morgan fingerprint density at radius 1 is 0.393 bits per heavy atom. The molecule has 0 atom stereocenters. The highest BCUT2D eigenvalue weighted by atomic mass is 16.3. The van der Waals surface area contributed by atoms with E-state index in [0.717, 1.165) is 55.4 Å². The number of benzene rings is 8. The summed E-state index contributed by atoms with van der Waals surface area (Å²) in [5.41, 5.74) is 16.6. The van der Waals surface area contributed by atoms with Crippen molar-refractivity contribution in [2.24, 2.45) is 0 Å². The summed E-state index contributed by atoms with van der Waals surface area (Å²) >= 11 is 0. The van der Waals surface area contributed by atoms with E-state index in [0.29, 0.717) is 5.82 Å². The second-order valence-corrected chi connectivity index (χ2v) is 15.3. The van der Waals surface area contributed by atoms with E-state index in [1.807, 2.05) is 30.3 Å². The molecule has 264 valence electrons. The maximum atomic E-state index is 6.50. The van der Waals surface area contributed by atoms with Crippen LogP contribution in [0.1, 0.15) is 25.0 Å². The topological polar surface area (TPSA) is 38.9 Å². The predicted octanol–water partition coefficient (Wildman–Crippen LogP) is 14.2. The van der Waals surface area contributed by atoms with Crippen molar-refractivity contribution < 1.29 is 4.42 Å². The molecule has 0 aliphatic heterocycles. The van der Waals surface area contributed by atoms with Crippen molar-refractivity contribution in [1.29, 1.82) is 0 Å². The van der Waals surface area contributed by atoms with Gasteiger partial charge in [-0.2, -0.15) is 0 Å². The Labute approximate surface area is 325 Å². The second kappa shape index (κ2) is 12.5. The van der Waals surface area contributed by atoms with Gasteiger partial charge >= 0.3 is 0 Å². The van der Waals surface area contributed by atoms with Gasteiger partial charge in [0.15, 0.2) is 5.82 Å². The zero-order valence-corrected chi connectivity index (χ0v) is 31.1. The summed E-state index contributed by atoms with van der Waals surface area (Å²) < 4.78 is 6.50. The fourth-order valence-corrected chi connectivity index (χ4v) is 9.01. The third kappa shape index (κ3) is 4.98. The van der Waals surface area contributed by atoms with Crippen molar-refractivity contribution in [2.75, 3.05) is 0 Å². The molecule has 0 N–H and O–H groups in total. The molecular weight excluding hydrogens is 681 g/mol. The maximum absolute atomic E-state index is 6.50. The Balaban J connectivity index is 1.07. The van der Waals surface area contributed by atoms with Gasteiger partial charge in [0.1, 0.15) is 11.2 Å². The summed E-state index contributed by atoms with van der Waals surface area (Å²) in [7, 11) is 0. The molecule has 3 nitrogen and oxygen atoms in total. The van der Waals surface area contributed by atoms with Crippen LogP contribution in [-0.2, 0) is 5.41 Å². The minimum Gasteiger partial charge on any atom is -0.455 e. The standard InChI is InChI=1S/C53H36N2O/c1-53(2)45-26-10-8-22-43(45)50-37(23-14-27-46(50)53)35-18-12-17-34(31-35)36-29-30-40(39-20-7-6-19-38(36)39)47-32-48(55-52(54-47)33-15-4-3-5-16-33)44-25-13-24-42-41-21-9-11-28-49(41)56-51(42)44/h3-32H,1-2H3. The first kappa shape index (κ1) is 32.3. The smallest absolute Gasteiger partial charge is 0.160 e. The van der Waals surface area contributed by atoms with Gasteiger partial charge in [-0.15, -0.1) is 0 Å². The Morgan fingerprint density at radius 2 is 0.946 bits per heavy atom. The van der Waals surface area contributed by atoms with Gasteiger partial charge in [-0.3, -0.25) is 0 Å². The van der Waals surface area contributed by atoms with Gasteiger partial charge in [0, 0.05) is 32.9 Å². The molecule has 2 aromatic heterocycles. The maximum Gasteiger partial charge on any atom is 0.160 e. The van der Waals surface area contributed by atoms with Crippen LogP contribution in [0, 0.1) is 0 Å². The first-order chi connectivity index (χ1) is 27.5. The van der Waals surface area contributed by atoms with Crippen LogP contribution in [-0.4, -0.2) is 9.97 Å². The number of furan rings is 1. The first-order valence-electron chi connectivity index (χ1n) is 19.2. The van der Waals surface area contributed by atoms with E-state index in [9.17, 15) is 0 Å². The summed E-state index contributed by atoms with van der Waals surface area (Å²) in [6.07, 6.45) is 0. The molecule has 56 heavy (non-hydrogen) atoms. The van der Waals surface area contributed by atoms with Crippen LogP contribution in [0.25, 0.3) is 100.0 Å². The highest BCUT2D eigenvalue weighted by molar-refractivity contribution is 6.10. The zero-order valence-electron chi connectivity index (χ0n) is 31.1. The minimum atomic E-state index is -0.0502. The van der Waals surface area contributed by atoms with E-state index in [1.165, 1.54) is 49.9 Å². The van der Waals surface area contributed by atoms with Gasteiger partial charge < -0.3 is 4.42 Å². The Kier molecular flexibility index (Phi) is 7.20. The Morgan fingerprint density at radius 3 is 1.79 bits per heavy atom. The summed E-state index contributed by atoms with van der Waals surface area (Å²) in [5.74, 6) is 0.673. The summed E-state index contributed by atoms with van der Waals surface area (Å²) in [4.78, 5) is 10.4. The summed E-state index contributed by atoms with van der Waals surface area (Å²) in [6, 6.07) is 64.8. The number of rotatable bonds is 5. The molecule has 0 spiro atoms. The number of hydrogen-bond acceptors (Lipinski definition) is 3. The fraction of sp³-hybridized carbons (Fsp3) is 0.0566. The van der Waals surface area contributed by atoms with Crippen LogP contribution in [0.3, 0.4) is 0 Å². The molecule has 1 aliphatic rings. The summed E-state index contributed by atoms with van der Waals surface area (Å²) in [5, 5.41) is 4.48. The van der Waals surface area contributed by atoms with E-state index < -0.39 is 0 Å². The molecule has 8 aromatic carbocycles. The van der Waals surface area contributed by atoms with Crippen LogP contribution in [0.4, 0.5) is 0 Å². The highest BCUT2D eigenvalue weighted by Gasteiger charge is 2.36. The van der Waals surface area contributed by atoms with E-state index in [1.54, 1.807) is 0 Å². The van der Waals surface area contributed by atoms with Crippen molar-refractivity contribution in [3.8, 4) is 67.3 Å². The normalized spacial score (nSPS) is 13.0. The number of nitrogens with zero attached hydrogens (tertiary/aromatic N) is 2. The molecule has 0 fully saturated rings. The molecule has 0 bridgehead atoms. The van der Waals surface area contributed by atoms with Gasteiger partial charge in [0.05, 0.1) is 11.4 Å². The third-order valence-corrected chi connectivity index (χ3v) is 11.7. The summed E-state index contributed by atoms with van der Waals surface area (Å²) in [6.45, 7) is 4.68. The van der Waals surface area contributed by atoms with Crippen LogP contribution < -0.4 is 0 Å². The van der Waals surface area contributed by atoms with Crippen LogP contribution >= 0.6 is 0 Å². The molecule has 0 radical (unpaired) electrons. The monoisotopic (exact) mass is 716 g/mol. The lowest BCUT2D eigenvalue weighted by molar-refractivity contribution is 0.660. The van der Waals surface area contributed by atoms with Crippen molar-refractivity contribution in [1.82, 2.24) is 9.97 Å². The molecule has 0 unspecified atom stereocenters. The van der Waals surface area contributed by atoms with Gasteiger partial charge in [0.25, 0.3) is 0 Å². The zero-order chi connectivity index (χ0) is 37.4. The molecule has 1 aliphatic carbocycles. The fourth-order valence-electron chi connectivity index (χ4n) is 9.01. The van der Waals surface area contributed by atoms with Gasteiger partial charge in [-0.05, 0) is 79.5 Å². The van der Waals surface area contributed by atoms with E-state index >= 15 is 0 Å². The molecule has 2 heterocycles. The SMILES string of the molecule is CC1(C)c2ccccc2-c2c(-c3cccc(-c4ccc(-c5cc(-c6cccc7c6oc6ccccc67)nc(-c6ccccc6)n5)c5ccccc45)c3)cccc21. The average Bonchev–Trinajstić information content (AvgIpc) is 3.75. The number of hydrogen-bond donors (Lipinski definition) is 0. The molecule has 3 heteroatoms. The molecule has 0 amide bonds. The lowest BCUT2D eigenvalue weighted by atomic mass is 9.82. The lowest BCUT2D eigenvalue weighted by Crippen LogP contribution is -2.14. The van der Waals surface area contributed by atoms with Crippen molar-refractivity contribution in [3.63, 3.8) is 0 Å². The van der Waals surface area contributed by atoms with Gasteiger partial charge in [-0.25, -0.2) is 9.97 Å². The Hall–Kier alpha value is -7.10. The van der Waals surface area contributed by atoms with E-state index in [4.69, 9.17) is 14.4 Å². The van der Waals surface area contributed by atoms with E-state index in [-0.39, 0.29) is 5.41 Å². The Bertz CT molecular complexity index is 3170. The molecule has 11 rings (SSSR count). The third-order valence-electron chi connectivity index (χ3n) is 11.7. The number of fused-ring (bicyclic) bond motifs is 7. The van der Waals surface area contributed by atoms with Crippen LogP contribution in [0.15, 0.2) is 186 Å². The van der Waals surface area contributed by atoms with Gasteiger partial charge in [-0.1, -0.05) is 172 Å². The van der Waals surface area contributed by atoms with Crippen molar-refractivity contribution in [3.05, 3.63) is 193 Å². The highest BCUT2D eigenvalue weighted by Crippen LogP contribution is 2.52. The molecule has 0 saturated heterocycles. The molecule has 0 saturated carbocycles. The van der Waals surface area contributed by atoms with Crippen LogP contribution in [0.5, 0.6) is 0 Å². The van der Waals surface area contributed by atoms with Gasteiger partial charge in [0.2, 0.25) is 0 Å². The second-order valence-electron chi connectivity index (χ2n) is 15.3. The van der Waals surface area contributed by atoms with Crippen molar-refractivity contribution in [2.45, 2.75) is 19.3 Å². The largest absolute Gasteiger partial charge is 0.455 e. The molecule has 10 aromatic rings. The lowest BCUT2D eigenvalue weighted by Gasteiger charge is -2.21.